The number of hydrogen-bond acceptors (Lipinski definition) is 4. The van der Waals surface area contributed by atoms with Gasteiger partial charge in [-0.1, -0.05) is 0 Å². The van der Waals surface area contributed by atoms with Gasteiger partial charge in [0.25, 0.3) is 0 Å². The maximum Gasteiger partial charge on any atom is 0.208 e. The molecule has 0 saturated carbocycles. The van der Waals surface area contributed by atoms with E-state index in [9.17, 15) is 17.2 Å². The molecule has 27 heavy (non-hydrogen) atoms. The second kappa shape index (κ2) is 11.0. The van der Waals surface area contributed by atoms with E-state index >= 15 is 0 Å². The Hall–Kier alpha value is -1.21. The van der Waals surface area contributed by atoms with Gasteiger partial charge in [-0.3, -0.25) is 4.99 Å². The van der Waals surface area contributed by atoms with Crippen molar-refractivity contribution in [3.8, 4) is 0 Å². The minimum absolute atomic E-state index is 0. The number of hydrogen-bond donors (Lipinski definition) is 2. The van der Waals surface area contributed by atoms with E-state index in [0.717, 1.165) is 18.4 Å². The van der Waals surface area contributed by atoms with Gasteiger partial charge in [-0.05, 0) is 18.6 Å². The van der Waals surface area contributed by atoms with Crippen LogP contribution in [0.1, 0.15) is 6.42 Å². The minimum atomic E-state index is -3.17. The zero-order valence-corrected chi connectivity index (χ0v) is 18.6. The molecular formula is C16H26F2IN5O2S. The second-order valence-corrected chi connectivity index (χ2v) is 7.90. The average molecular weight is 517 g/mol. The summed E-state index contributed by atoms with van der Waals surface area (Å²) in [6.45, 7) is 3.28. The third kappa shape index (κ3) is 7.74. The first-order chi connectivity index (χ1) is 12.3. The molecule has 2 rings (SSSR count). The van der Waals surface area contributed by atoms with E-state index in [1.807, 2.05) is 9.80 Å². The molecule has 1 heterocycles. The quantitative estimate of drug-likeness (QED) is 0.257. The van der Waals surface area contributed by atoms with Crippen LogP contribution in [0, 0.1) is 11.6 Å². The standard InChI is InChI=1S/C16H25F2N5O2S.HI/c1-19-16(20-6-3-7-21-26(2,24)25)23-10-8-22(9-11-23)15-12-13(17)4-5-14(15)18;/h4-5,12,21H,3,6-11H2,1-2H3,(H,19,20);1H. The summed E-state index contributed by atoms with van der Waals surface area (Å²) in [6.07, 6.45) is 1.75. The van der Waals surface area contributed by atoms with Crippen molar-refractivity contribution >= 4 is 45.6 Å². The molecule has 0 unspecified atom stereocenters. The molecule has 0 atom stereocenters. The number of aliphatic imine (C=N–C) groups is 1. The fourth-order valence-corrected chi connectivity index (χ4v) is 3.28. The Morgan fingerprint density at radius 1 is 1.19 bits per heavy atom. The lowest BCUT2D eigenvalue weighted by Crippen LogP contribution is -2.53. The predicted molar refractivity (Wildman–Crippen MR) is 114 cm³/mol. The topological polar surface area (TPSA) is 77.0 Å². The summed E-state index contributed by atoms with van der Waals surface area (Å²) >= 11 is 0. The number of rotatable bonds is 6. The first-order valence-corrected chi connectivity index (χ1v) is 10.3. The lowest BCUT2D eigenvalue weighted by molar-refractivity contribution is 0.370. The normalized spacial score (nSPS) is 15.5. The molecule has 1 aliphatic heterocycles. The highest BCUT2D eigenvalue weighted by Gasteiger charge is 2.21. The Morgan fingerprint density at radius 3 is 2.44 bits per heavy atom. The van der Waals surface area contributed by atoms with E-state index in [1.165, 1.54) is 6.07 Å². The van der Waals surface area contributed by atoms with Crippen LogP contribution < -0.4 is 14.9 Å². The lowest BCUT2D eigenvalue weighted by atomic mass is 10.2. The highest BCUT2D eigenvalue weighted by Crippen LogP contribution is 2.21. The van der Waals surface area contributed by atoms with Gasteiger partial charge in [0.1, 0.15) is 11.6 Å². The molecule has 1 aromatic rings. The van der Waals surface area contributed by atoms with Crippen LogP contribution in [0.3, 0.4) is 0 Å². The first-order valence-electron chi connectivity index (χ1n) is 8.40. The number of anilines is 1. The predicted octanol–water partition coefficient (Wildman–Crippen LogP) is 1.22. The Balaban J connectivity index is 0.00000364. The maximum absolute atomic E-state index is 13.9. The van der Waals surface area contributed by atoms with Gasteiger partial charge in [-0.25, -0.2) is 21.9 Å². The first kappa shape index (κ1) is 23.8. The average Bonchev–Trinajstić information content (AvgIpc) is 2.59. The van der Waals surface area contributed by atoms with Crippen LogP contribution in [-0.2, 0) is 10.0 Å². The van der Waals surface area contributed by atoms with Crippen molar-refractivity contribution in [2.75, 3.05) is 57.5 Å². The number of halogens is 3. The summed E-state index contributed by atoms with van der Waals surface area (Å²) in [7, 11) is -1.49. The van der Waals surface area contributed by atoms with Crippen molar-refractivity contribution in [1.82, 2.24) is 14.9 Å². The summed E-state index contributed by atoms with van der Waals surface area (Å²) in [5.74, 6) is -0.173. The Kier molecular flexibility index (Phi) is 9.67. The van der Waals surface area contributed by atoms with Gasteiger partial charge in [0.2, 0.25) is 10.0 Å². The molecule has 1 aromatic carbocycles. The molecule has 154 valence electrons. The molecule has 1 aliphatic rings. The summed E-state index contributed by atoms with van der Waals surface area (Å²) in [4.78, 5) is 8.08. The van der Waals surface area contributed by atoms with Gasteiger partial charge in [0.15, 0.2) is 5.96 Å². The number of sulfonamides is 1. The number of benzene rings is 1. The zero-order valence-electron chi connectivity index (χ0n) is 15.4. The fraction of sp³-hybridized carbons (Fsp3) is 0.562. The smallest absolute Gasteiger partial charge is 0.208 e. The summed E-state index contributed by atoms with van der Waals surface area (Å²) in [6, 6.07) is 3.47. The molecule has 0 radical (unpaired) electrons. The van der Waals surface area contributed by atoms with E-state index in [4.69, 9.17) is 0 Å². The van der Waals surface area contributed by atoms with Crippen LogP contribution in [0.5, 0.6) is 0 Å². The molecule has 2 N–H and O–H groups in total. The molecule has 1 saturated heterocycles. The van der Waals surface area contributed by atoms with Crippen molar-refractivity contribution in [2.24, 2.45) is 4.99 Å². The molecule has 0 amide bonds. The van der Waals surface area contributed by atoms with E-state index in [0.29, 0.717) is 51.6 Å². The van der Waals surface area contributed by atoms with Crippen molar-refractivity contribution < 1.29 is 17.2 Å². The molecule has 1 fully saturated rings. The van der Waals surface area contributed by atoms with Crippen LogP contribution in [-0.4, -0.2) is 71.8 Å². The molecule has 0 aliphatic carbocycles. The van der Waals surface area contributed by atoms with E-state index in [1.54, 1.807) is 7.05 Å². The van der Waals surface area contributed by atoms with Crippen LogP contribution >= 0.6 is 24.0 Å². The van der Waals surface area contributed by atoms with Crippen LogP contribution in [0.15, 0.2) is 23.2 Å². The Bertz CT molecular complexity index is 740. The van der Waals surface area contributed by atoms with Crippen LogP contribution in [0.2, 0.25) is 0 Å². The van der Waals surface area contributed by atoms with E-state index in [2.05, 4.69) is 15.0 Å². The van der Waals surface area contributed by atoms with Crippen molar-refractivity contribution in [2.45, 2.75) is 6.42 Å². The van der Waals surface area contributed by atoms with Gasteiger partial charge < -0.3 is 15.1 Å². The number of guanidine groups is 1. The minimum Gasteiger partial charge on any atom is -0.366 e. The van der Waals surface area contributed by atoms with Crippen molar-refractivity contribution in [1.29, 1.82) is 0 Å². The van der Waals surface area contributed by atoms with Gasteiger partial charge in [-0.15, -0.1) is 24.0 Å². The van der Waals surface area contributed by atoms with Gasteiger partial charge in [0.05, 0.1) is 11.9 Å². The SMILES string of the molecule is CN=C(NCCCNS(C)(=O)=O)N1CCN(c2cc(F)ccc2F)CC1.I. The van der Waals surface area contributed by atoms with E-state index < -0.39 is 21.7 Å². The molecule has 0 bridgehead atoms. The van der Waals surface area contributed by atoms with E-state index in [-0.39, 0.29) is 29.7 Å². The molecule has 7 nitrogen and oxygen atoms in total. The largest absolute Gasteiger partial charge is 0.366 e. The molecule has 0 spiro atoms. The summed E-state index contributed by atoms with van der Waals surface area (Å²) < 4.78 is 51.7. The number of nitrogens with one attached hydrogen (secondary N) is 2. The summed E-state index contributed by atoms with van der Waals surface area (Å²) in [5.41, 5.74) is 0.277. The number of nitrogens with zero attached hydrogens (tertiary/aromatic N) is 3. The summed E-state index contributed by atoms with van der Waals surface area (Å²) in [5, 5.41) is 3.19. The van der Waals surface area contributed by atoms with Crippen LogP contribution in [0.25, 0.3) is 0 Å². The third-order valence-corrected chi connectivity index (χ3v) is 4.77. The Labute approximate surface area is 176 Å². The van der Waals surface area contributed by atoms with Gasteiger partial charge >= 0.3 is 0 Å². The number of piperazine rings is 1. The highest BCUT2D eigenvalue weighted by molar-refractivity contribution is 14.0. The lowest BCUT2D eigenvalue weighted by Gasteiger charge is -2.37. The van der Waals surface area contributed by atoms with Crippen LogP contribution in [0.4, 0.5) is 14.5 Å². The van der Waals surface area contributed by atoms with Crippen molar-refractivity contribution in [3.63, 3.8) is 0 Å². The maximum atomic E-state index is 13.9. The van der Waals surface area contributed by atoms with Gasteiger partial charge in [-0.2, -0.15) is 0 Å². The monoisotopic (exact) mass is 517 g/mol. The molecular weight excluding hydrogens is 491 g/mol. The Morgan fingerprint density at radius 2 is 1.85 bits per heavy atom. The van der Waals surface area contributed by atoms with Crippen molar-refractivity contribution in [3.05, 3.63) is 29.8 Å². The van der Waals surface area contributed by atoms with Gasteiger partial charge in [0, 0.05) is 52.4 Å². The molecule has 0 aromatic heterocycles. The molecule has 11 heteroatoms. The second-order valence-electron chi connectivity index (χ2n) is 6.06. The zero-order chi connectivity index (χ0) is 19.2. The third-order valence-electron chi connectivity index (χ3n) is 4.04. The highest BCUT2D eigenvalue weighted by atomic mass is 127. The fourth-order valence-electron chi connectivity index (χ4n) is 2.77.